The number of nitrogens with zero attached hydrogens (tertiary/aromatic N) is 3. The number of carbonyl (C=O) groups is 1. The number of hydrogen-bond donors (Lipinski definition) is 0. The lowest BCUT2D eigenvalue weighted by Gasteiger charge is -2.21. The highest BCUT2D eigenvalue weighted by Gasteiger charge is 2.30. The SMILES string of the molecule is Cc1cc(C)c2nc(N(CC3CCCO3)C(=O)c3ccc([N+](=O)[O-])o3)sc2c1. The Labute approximate surface area is 164 Å². The maximum Gasteiger partial charge on any atom is 0.433 e. The average molecular weight is 401 g/mol. The van der Waals surface area contributed by atoms with Crippen molar-refractivity contribution in [2.45, 2.75) is 32.8 Å². The van der Waals surface area contributed by atoms with Gasteiger partial charge in [-0.25, -0.2) is 4.98 Å². The first-order chi connectivity index (χ1) is 13.4. The van der Waals surface area contributed by atoms with Gasteiger partial charge >= 0.3 is 5.88 Å². The molecule has 1 aliphatic rings. The van der Waals surface area contributed by atoms with Crippen LogP contribution in [0.2, 0.25) is 0 Å². The number of amides is 1. The van der Waals surface area contributed by atoms with Crippen LogP contribution >= 0.6 is 11.3 Å². The van der Waals surface area contributed by atoms with Gasteiger partial charge in [0.25, 0.3) is 5.91 Å². The fraction of sp³-hybridized carbons (Fsp3) is 0.368. The van der Waals surface area contributed by atoms with Gasteiger partial charge in [0.1, 0.15) is 4.92 Å². The number of furan rings is 1. The van der Waals surface area contributed by atoms with Crippen LogP contribution in [-0.4, -0.2) is 35.1 Å². The number of rotatable bonds is 5. The fourth-order valence-corrected chi connectivity index (χ4v) is 4.54. The fourth-order valence-electron chi connectivity index (χ4n) is 3.39. The summed E-state index contributed by atoms with van der Waals surface area (Å²) in [6.45, 7) is 4.99. The van der Waals surface area contributed by atoms with Gasteiger partial charge in [-0.05, 0) is 49.9 Å². The van der Waals surface area contributed by atoms with Crippen molar-refractivity contribution < 1.29 is 18.9 Å². The van der Waals surface area contributed by atoms with Crippen LogP contribution in [0.3, 0.4) is 0 Å². The Morgan fingerprint density at radius 1 is 1.39 bits per heavy atom. The third-order valence-electron chi connectivity index (χ3n) is 4.69. The molecule has 0 radical (unpaired) electrons. The average Bonchev–Trinajstić information content (AvgIpc) is 3.38. The van der Waals surface area contributed by atoms with Crippen molar-refractivity contribution in [2.75, 3.05) is 18.1 Å². The minimum Gasteiger partial charge on any atom is -0.395 e. The van der Waals surface area contributed by atoms with Gasteiger partial charge < -0.3 is 9.15 Å². The molecular weight excluding hydrogens is 382 g/mol. The number of fused-ring (bicyclic) bond motifs is 1. The predicted octanol–water partition coefficient (Wildman–Crippen LogP) is 4.24. The molecule has 4 rings (SSSR count). The molecule has 1 amide bonds. The van der Waals surface area contributed by atoms with E-state index in [-0.39, 0.29) is 11.9 Å². The van der Waals surface area contributed by atoms with Crippen LogP contribution in [0.1, 0.15) is 34.5 Å². The lowest BCUT2D eigenvalue weighted by atomic mass is 10.1. The van der Waals surface area contributed by atoms with Crippen LogP contribution in [0.5, 0.6) is 0 Å². The molecule has 1 fully saturated rings. The summed E-state index contributed by atoms with van der Waals surface area (Å²) >= 11 is 1.42. The molecule has 28 heavy (non-hydrogen) atoms. The topological polar surface area (TPSA) is 98.7 Å². The van der Waals surface area contributed by atoms with Crippen molar-refractivity contribution in [3.63, 3.8) is 0 Å². The van der Waals surface area contributed by atoms with E-state index < -0.39 is 16.7 Å². The molecule has 1 aromatic carbocycles. The first-order valence-corrected chi connectivity index (χ1v) is 9.79. The second kappa shape index (κ2) is 7.33. The molecule has 3 aromatic rings. The quantitative estimate of drug-likeness (QED) is 0.468. The van der Waals surface area contributed by atoms with Crippen molar-refractivity contribution >= 4 is 38.5 Å². The number of aryl methyl sites for hydroxylation is 2. The van der Waals surface area contributed by atoms with Crippen LogP contribution in [0.4, 0.5) is 11.0 Å². The lowest BCUT2D eigenvalue weighted by Crippen LogP contribution is -2.37. The van der Waals surface area contributed by atoms with Gasteiger partial charge in [0.15, 0.2) is 10.9 Å². The van der Waals surface area contributed by atoms with Crippen molar-refractivity contribution in [3.8, 4) is 0 Å². The molecule has 1 unspecified atom stereocenters. The van der Waals surface area contributed by atoms with Gasteiger partial charge in [0.2, 0.25) is 0 Å². The monoisotopic (exact) mass is 401 g/mol. The summed E-state index contributed by atoms with van der Waals surface area (Å²) in [5.74, 6) is -1.01. The van der Waals surface area contributed by atoms with E-state index in [4.69, 9.17) is 9.15 Å². The Balaban J connectivity index is 1.73. The molecule has 0 N–H and O–H groups in total. The molecule has 1 atom stereocenters. The third-order valence-corrected chi connectivity index (χ3v) is 5.71. The Kier molecular flexibility index (Phi) is 4.86. The number of nitro groups is 1. The van der Waals surface area contributed by atoms with E-state index in [0.717, 1.165) is 34.2 Å². The van der Waals surface area contributed by atoms with Crippen LogP contribution < -0.4 is 4.90 Å². The molecule has 3 heterocycles. The van der Waals surface area contributed by atoms with E-state index in [2.05, 4.69) is 4.98 Å². The molecule has 8 nitrogen and oxygen atoms in total. The molecular formula is C19H19N3O5S. The molecule has 146 valence electrons. The minimum atomic E-state index is -0.662. The summed E-state index contributed by atoms with van der Waals surface area (Å²) in [6, 6.07) is 6.60. The molecule has 9 heteroatoms. The number of anilines is 1. The summed E-state index contributed by atoms with van der Waals surface area (Å²) in [7, 11) is 0. The van der Waals surface area contributed by atoms with Gasteiger partial charge in [-0.15, -0.1) is 0 Å². The minimum absolute atomic E-state index is 0.0862. The van der Waals surface area contributed by atoms with E-state index in [1.54, 1.807) is 0 Å². The second-order valence-electron chi connectivity index (χ2n) is 6.87. The highest BCUT2D eigenvalue weighted by atomic mass is 32.1. The largest absolute Gasteiger partial charge is 0.433 e. The number of ether oxygens (including phenoxy) is 1. The van der Waals surface area contributed by atoms with E-state index in [9.17, 15) is 14.9 Å². The molecule has 1 aliphatic heterocycles. The van der Waals surface area contributed by atoms with E-state index >= 15 is 0 Å². The molecule has 0 aliphatic carbocycles. The number of aromatic nitrogens is 1. The predicted molar refractivity (Wildman–Crippen MR) is 105 cm³/mol. The van der Waals surface area contributed by atoms with Crippen LogP contribution in [0.15, 0.2) is 28.7 Å². The van der Waals surface area contributed by atoms with Crippen molar-refractivity contribution in [2.24, 2.45) is 0 Å². The smallest absolute Gasteiger partial charge is 0.395 e. The van der Waals surface area contributed by atoms with Crippen molar-refractivity contribution in [1.29, 1.82) is 0 Å². The van der Waals surface area contributed by atoms with E-state index in [1.807, 2.05) is 26.0 Å². The highest BCUT2D eigenvalue weighted by molar-refractivity contribution is 7.22. The summed E-state index contributed by atoms with van der Waals surface area (Å²) < 4.78 is 11.8. The second-order valence-corrected chi connectivity index (χ2v) is 7.88. The lowest BCUT2D eigenvalue weighted by molar-refractivity contribution is -0.402. The summed E-state index contributed by atoms with van der Waals surface area (Å²) in [4.78, 5) is 29.5. The Morgan fingerprint density at radius 2 is 2.21 bits per heavy atom. The normalized spacial score (nSPS) is 16.6. The van der Waals surface area contributed by atoms with E-state index in [0.29, 0.717) is 18.3 Å². The number of hydrogen-bond acceptors (Lipinski definition) is 7. The van der Waals surface area contributed by atoms with Gasteiger partial charge in [-0.2, -0.15) is 0 Å². The van der Waals surface area contributed by atoms with Crippen molar-refractivity contribution in [1.82, 2.24) is 4.98 Å². The van der Waals surface area contributed by atoms with Gasteiger partial charge in [0.05, 0.1) is 28.9 Å². The maximum atomic E-state index is 13.1. The van der Waals surface area contributed by atoms with Crippen LogP contribution in [0, 0.1) is 24.0 Å². The molecule has 0 saturated carbocycles. The number of carbonyl (C=O) groups excluding carboxylic acids is 1. The Hall–Kier alpha value is -2.78. The Morgan fingerprint density at radius 3 is 2.89 bits per heavy atom. The standard InChI is InChI=1S/C19H19N3O5S/c1-11-8-12(2)17-15(9-11)28-19(20-17)21(10-13-4-3-7-26-13)18(23)14-5-6-16(27-14)22(24)25/h5-6,8-9,13H,3-4,7,10H2,1-2H3. The molecule has 2 aromatic heterocycles. The van der Waals surface area contributed by atoms with Gasteiger partial charge in [-0.1, -0.05) is 17.4 Å². The highest BCUT2D eigenvalue weighted by Crippen LogP contribution is 2.33. The molecule has 0 spiro atoms. The van der Waals surface area contributed by atoms with Crippen LogP contribution in [-0.2, 0) is 4.74 Å². The summed E-state index contributed by atoms with van der Waals surface area (Å²) in [5, 5.41) is 11.4. The van der Waals surface area contributed by atoms with Crippen LogP contribution in [0.25, 0.3) is 10.2 Å². The zero-order valence-corrected chi connectivity index (χ0v) is 16.3. The first kappa shape index (κ1) is 18.6. The molecule has 1 saturated heterocycles. The zero-order chi connectivity index (χ0) is 19.8. The van der Waals surface area contributed by atoms with E-state index in [1.165, 1.54) is 28.4 Å². The molecule has 0 bridgehead atoms. The maximum absolute atomic E-state index is 13.1. The Bertz CT molecular complexity index is 1050. The number of thiazole rings is 1. The summed E-state index contributed by atoms with van der Waals surface area (Å²) in [5.41, 5.74) is 3.01. The third kappa shape index (κ3) is 3.50. The first-order valence-electron chi connectivity index (χ1n) is 8.98. The van der Waals surface area contributed by atoms with Gasteiger partial charge in [0, 0.05) is 6.61 Å². The summed E-state index contributed by atoms with van der Waals surface area (Å²) in [6.07, 6.45) is 1.70. The number of benzene rings is 1. The van der Waals surface area contributed by atoms with Gasteiger partial charge in [-0.3, -0.25) is 19.8 Å². The van der Waals surface area contributed by atoms with Crippen molar-refractivity contribution in [3.05, 3.63) is 51.3 Å². The zero-order valence-electron chi connectivity index (χ0n) is 15.5.